The standard InChI is InChI=1S/C19H24N2O5/c1-4-5-10-26-19(25)16(12-14(22)11-13(2)3)20-21-18(24)15-8-6-7-9-17(15)23/h6-9,11,23H,4-5,10,12H2,1-3H3,(H,21,24)/b20-16+. The van der Waals surface area contributed by atoms with Crippen LogP contribution in [0.3, 0.4) is 0 Å². The first-order chi connectivity index (χ1) is 12.3. The molecule has 0 saturated heterocycles. The fraction of sp³-hybridized carbons (Fsp3) is 0.368. The summed E-state index contributed by atoms with van der Waals surface area (Å²) in [5.41, 5.74) is 2.77. The van der Waals surface area contributed by atoms with Gasteiger partial charge >= 0.3 is 5.97 Å². The van der Waals surface area contributed by atoms with Crippen LogP contribution in [0.15, 0.2) is 41.0 Å². The Hall–Kier alpha value is -2.96. The van der Waals surface area contributed by atoms with E-state index in [0.29, 0.717) is 6.42 Å². The predicted octanol–water partition coefficient (Wildman–Crippen LogP) is 2.75. The first-order valence-electron chi connectivity index (χ1n) is 8.34. The molecule has 26 heavy (non-hydrogen) atoms. The van der Waals surface area contributed by atoms with Gasteiger partial charge in [0.2, 0.25) is 0 Å². The molecular weight excluding hydrogens is 336 g/mol. The monoisotopic (exact) mass is 360 g/mol. The molecule has 1 aromatic rings. The summed E-state index contributed by atoms with van der Waals surface area (Å²) in [6.45, 7) is 5.68. The topological polar surface area (TPSA) is 105 Å². The molecule has 0 atom stereocenters. The van der Waals surface area contributed by atoms with Gasteiger partial charge in [-0.15, -0.1) is 0 Å². The smallest absolute Gasteiger partial charge is 0.354 e. The number of aromatic hydroxyl groups is 1. The number of hydrogen-bond acceptors (Lipinski definition) is 6. The second-order valence-corrected chi connectivity index (χ2v) is 5.87. The predicted molar refractivity (Wildman–Crippen MR) is 97.9 cm³/mol. The minimum atomic E-state index is -0.758. The molecule has 0 aliphatic carbocycles. The zero-order chi connectivity index (χ0) is 19.5. The number of hydrazone groups is 1. The summed E-state index contributed by atoms with van der Waals surface area (Å²) in [6.07, 6.45) is 2.63. The fourth-order valence-corrected chi connectivity index (χ4v) is 1.93. The molecule has 0 aliphatic heterocycles. The van der Waals surface area contributed by atoms with E-state index in [1.54, 1.807) is 26.0 Å². The second-order valence-electron chi connectivity index (χ2n) is 5.87. The van der Waals surface area contributed by atoms with Crippen LogP contribution in [0.5, 0.6) is 5.75 Å². The van der Waals surface area contributed by atoms with Crippen LogP contribution in [0.1, 0.15) is 50.4 Å². The van der Waals surface area contributed by atoms with Crippen molar-refractivity contribution >= 4 is 23.4 Å². The number of amides is 1. The maximum atomic E-state index is 12.1. The molecule has 2 N–H and O–H groups in total. The normalized spacial score (nSPS) is 10.8. The van der Waals surface area contributed by atoms with Crippen molar-refractivity contribution in [2.24, 2.45) is 5.10 Å². The molecule has 7 heteroatoms. The highest BCUT2D eigenvalue weighted by Crippen LogP contribution is 2.15. The van der Waals surface area contributed by atoms with E-state index in [2.05, 4.69) is 10.5 Å². The second kappa shape index (κ2) is 10.8. The van der Waals surface area contributed by atoms with Gasteiger partial charge in [-0.25, -0.2) is 10.2 Å². The zero-order valence-corrected chi connectivity index (χ0v) is 15.2. The van der Waals surface area contributed by atoms with E-state index in [4.69, 9.17) is 4.74 Å². The van der Waals surface area contributed by atoms with Gasteiger partial charge in [-0.2, -0.15) is 5.10 Å². The highest BCUT2D eigenvalue weighted by Gasteiger charge is 2.18. The highest BCUT2D eigenvalue weighted by atomic mass is 16.5. The summed E-state index contributed by atoms with van der Waals surface area (Å²) in [4.78, 5) is 36.2. The van der Waals surface area contributed by atoms with Crippen LogP contribution in [0, 0.1) is 0 Å². The van der Waals surface area contributed by atoms with E-state index in [9.17, 15) is 19.5 Å². The summed E-state index contributed by atoms with van der Waals surface area (Å²) in [5, 5.41) is 13.4. The van der Waals surface area contributed by atoms with Crippen molar-refractivity contribution in [2.75, 3.05) is 6.61 Å². The number of unbranched alkanes of at least 4 members (excludes halogenated alkanes) is 1. The average Bonchev–Trinajstić information content (AvgIpc) is 2.58. The maximum absolute atomic E-state index is 12.1. The van der Waals surface area contributed by atoms with Crippen LogP contribution < -0.4 is 5.43 Å². The number of carbonyl (C=O) groups is 3. The molecule has 140 valence electrons. The van der Waals surface area contributed by atoms with Crippen molar-refractivity contribution in [2.45, 2.75) is 40.0 Å². The number of phenols is 1. The third kappa shape index (κ3) is 7.29. The summed E-state index contributed by atoms with van der Waals surface area (Å²) in [7, 11) is 0. The van der Waals surface area contributed by atoms with Gasteiger partial charge < -0.3 is 9.84 Å². The zero-order valence-electron chi connectivity index (χ0n) is 15.2. The van der Waals surface area contributed by atoms with Gasteiger partial charge in [0.25, 0.3) is 5.91 Å². The molecule has 7 nitrogen and oxygen atoms in total. The molecule has 1 rings (SSSR count). The molecule has 1 aromatic carbocycles. The fourth-order valence-electron chi connectivity index (χ4n) is 1.93. The molecule has 0 saturated carbocycles. The Kier molecular flexibility index (Phi) is 8.77. The lowest BCUT2D eigenvalue weighted by Crippen LogP contribution is -2.26. The Balaban J connectivity index is 2.91. The molecule has 0 bridgehead atoms. The molecule has 0 fully saturated rings. The molecule has 0 aliphatic rings. The highest BCUT2D eigenvalue weighted by molar-refractivity contribution is 6.40. The minimum Gasteiger partial charge on any atom is -0.507 e. The first-order valence-corrected chi connectivity index (χ1v) is 8.34. The number of para-hydroxylation sites is 1. The number of esters is 1. The first kappa shape index (κ1) is 21.1. The summed E-state index contributed by atoms with van der Waals surface area (Å²) < 4.78 is 5.07. The van der Waals surface area contributed by atoms with Gasteiger partial charge in [0.1, 0.15) is 5.75 Å². The lowest BCUT2D eigenvalue weighted by molar-refractivity contribution is -0.136. The van der Waals surface area contributed by atoms with Gasteiger partial charge in [0.05, 0.1) is 18.6 Å². The van der Waals surface area contributed by atoms with Gasteiger partial charge in [0, 0.05) is 0 Å². The molecule has 0 spiro atoms. The minimum absolute atomic E-state index is 0.00516. The Morgan fingerprint density at radius 2 is 1.92 bits per heavy atom. The number of hydrogen-bond donors (Lipinski definition) is 2. The largest absolute Gasteiger partial charge is 0.507 e. The Morgan fingerprint density at radius 3 is 2.54 bits per heavy atom. The molecule has 0 unspecified atom stereocenters. The molecule has 0 aromatic heterocycles. The van der Waals surface area contributed by atoms with E-state index >= 15 is 0 Å². The van der Waals surface area contributed by atoms with Crippen molar-refractivity contribution in [1.29, 1.82) is 0 Å². The number of allylic oxidation sites excluding steroid dienone is 2. The summed E-state index contributed by atoms with van der Waals surface area (Å²) >= 11 is 0. The van der Waals surface area contributed by atoms with Crippen molar-refractivity contribution in [1.82, 2.24) is 5.43 Å². The Bertz CT molecular complexity index is 718. The molecule has 1 amide bonds. The number of nitrogens with one attached hydrogen (secondary N) is 1. The van der Waals surface area contributed by atoms with Crippen molar-refractivity contribution < 1.29 is 24.2 Å². The molecule has 0 radical (unpaired) electrons. The lowest BCUT2D eigenvalue weighted by Gasteiger charge is -2.07. The van der Waals surface area contributed by atoms with Crippen LogP contribution in [0.2, 0.25) is 0 Å². The lowest BCUT2D eigenvalue weighted by atomic mass is 10.1. The molecular formula is C19H24N2O5. The number of ketones is 1. The van der Waals surface area contributed by atoms with E-state index in [-0.39, 0.29) is 35.8 Å². The van der Waals surface area contributed by atoms with E-state index < -0.39 is 11.9 Å². The number of phenolic OH excluding ortho intramolecular Hbond substituents is 1. The molecule has 0 heterocycles. The Morgan fingerprint density at radius 1 is 1.23 bits per heavy atom. The third-order valence-corrected chi connectivity index (χ3v) is 3.20. The number of benzene rings is 1. The van der Waals surface area contributed by atoms with Crippen molar-refractivity contribution in [3.05, 3.63) is 41.5 Å². The van der Waals surface area contributed by atoms with Crippen LogP contribution in [0.4, 0.5) is 0 Å². The number of carbonyl (C=O) groups excluding carboxylic acids is 3. The maximum Gasteiger partial charge on any atom is 0.354 e. The van der Waals surface area contributed by atoms with Crippen LogP contribution in [-0.2, 0) is 14.3 Å². The Labute approximate surface area is 152 Å². The van der Waals surface area contributed by atoms with E-state index in [1.165, 1.54) is 18.2 Å². The summed E-state index contributed by atoms with van der Waals surface area (Å²) in [5.74, 6) is -2.00. The van der Waals surface area contributed by atoms with Crippen molar-refractivity contribution in [3.8, 4) is 5.75 Å². The van der Waals surface area contributed by atoms with Crippen LogP contribution >= 0.6 is 0 Å². The van der Waals surface area contributed by atoms with Crippen LogP contribution in [-0.4, -0.2) is 35.1 Å². The average molecular weight is 360 g/mol. The van der Waals surface area contributed by atoms with Gasteiger partial charge in [-0.1, -0.05) is 31.1 Å². The number of rotatable bonds is 9. The third-order valence-electron chi connectivity index (χ3n) is 3.20. The SMILES string of the molecule is CCCCOC(=O)/C(CC(=O)C=C(C)C)=N/NC(=O)c1ccccc1O. The van der Waals surface area contributed by atoms with E-state index in [0.717, 1.165) is 12.0 Å². The quantitative estimate of drug-likeness (QED) is 0.232. The van der Waals surface area contributed by atoms with Gasteiger partial charge in [-0.3, -0.25) is 9.59 Å². The van der Waals surface area contributed by atoms with E-state index in [1.807, 2.05) is 6.92 Å². The summed E-state index contributed by atoms with van der Waals surface area (Å²) in [6, 6.07) is 5.92. The van der Waals surface area contributed by atoms with Gasteiger partial charge in [-0.05, 0) is 38.5 Å². The number of nitrogens with zero attached hydrogens (tertiary/aromatic N) is 1. The van der Waals surface area contributed by atoms with Gasteiger partial charge in [0.15, 0.2) is 11.5 Å². The van der Waals surface area contributed by atoms with Crippen LogP contribution in [0.25, 0.3) is 0 Å². The van der Waals surface area contributed by atoms with Crippen molar-refractivity contribution in [3.63, 3.8) is 0 Å². The number of ether oxygens (including phenoxy) is 1.